The quantitative estimate of drug-likeness (QED) is 0.419. The van der Waals surface area contributed by atoms with E-state index in [-0.39, 0.29) is 19.1 Å². The summed E-state index contributed by atoms with van der Waals surface area (Å²) in [5, 5.41) is 4.46. The molecule has 0 bridgehead atoms. The third-order valence-corrected chi connectivity index (χ3v) is 4.79. The largest absolute Gasteiger partial charge is 0.490 e. The fourth-order valence-electron chi connectivity index (χ4n) is 2.95. The van der Waals surface area contributed by atoms with Crippen LogP contribution in [0.1, 0.15) is 12.5 Å². The number of nitrogens with one attached hydrogen (secondary N) is 1. The molecule has 0 spiro atoms. The Labute approximate surface area is 197 Å². The Morgan fingerprint density at radius 2 is 1.91 bits per heavy atom. The van der Waals surface area contributed by atoms with Crippen LogP contribution in [0.2, 0.25) is 5.02 Å². The molecule has 0 saturated carbocycles. The van der Waals surface area contributed by atoms with Crippen LogP contribution in [0.4, 0.5) is 0 Å². The van der Waals surface area contributed by atoms with Crippen LogP contribution in [0, 0.1) is 0 Å². The number of morpholine rings is 1. The van der Waals surface area contributed by atoms with Crippen LogP contribution in [0.25, 0.3) is 0 Å². The Morgan fingerprint density at radius 3 is 2.67 bits per heavy atom. The summed E-state index contributed by atoms with van der Waals surface area (Å²) in [5.41, 5.74) is 3.08. The normalized spacial score (nSPS) is 13.6. The molecular weight excluding hydrogens is 450 g/mol. The van der Waals surface area contributed by atoms with Gasteiger partial charge in [-0.1, -0.05) is 17.7 Å². The van der Waals surface area contributed by atoms with E-state index in [1.54, 1.807) is 47.4 Å². The van der Waals surface area contributed by atoms with Crippen molar-refractivity contribution in [2.24, 2.45) is 5.10 Å². The van der Waals surface area contributed by atoms with Crippen LogP contribution in [-0.4, -0.2) is 69.1 Å². The maximum Gasteiger partial charge on any atom is 0.277 e. The van der Waals surface area contributed by atoms with Gasteiger partial charge in [-0.2, -0.15) is 5.10 Å². The van der Waals surface area contributed by atoms with Crippen LogP contribution in [0.5, 0.6) is 17.2 Å². The number of carbonyl (C=O) groups excluding carboxylic acids is 2. The average molecular weight is 476 g/mol. The second-order valence-corrected chi connectivity index (χ2v) is 7.40. The fraction of sp³-hybridized carbons (Fsp3) is 0.348. The van der Waals surface area contributed by atoms with Crippen molar-refractivity contribution < 1.29 is 28.5 Å². The van der Waals surface area contributed by atoms with Gasteiger partial charge in [0.15, 0.2) is 24.7 Å². The van der Waals surface area contributed by atoms with E-state index < -0.39 is 5.91 Å². The van der Waals surface area contributed by atoms with E-state index >= 15 is 0 Å². The zero-order chi connectivity index (χ0) is 23.5. The molecule has 2 aromatic carbocycles. The Morgan fingerprint density at radius 1 is 1.09 bits per heavy atom. The number of halogens is 1. The third kappa shape index (κ3) is 7.96. The highest BCUT2D eigenvalue weighted by Gasteiger charge is 2.18. The predicted molar refractivity (Wildman–Crippen MR) is 123 cm³/mol. The SMILES string of the molecule is CCOc1cc(/C=N/NC(=O)COc2cccc(Cl)c2)ccc1OCC(=O)N1CCOCC1. The van der Waals surface area contributed by atoms with Crippen molar-refractivity contribution in [3.05, 3.63) is 53.1 Å². The molecule has 1 aliphatic rings. The van der Waals surface area contributed by atoms with Gasteiger partial charge >= 0.3 is 0 Å². The molecule has 3 rings (SSSR count). The average Bonchev–Trinajstić information content (AvgIpc) is 2.83. The molecular formula is C23H26ClN3O6. The molecule has 2 aromatic rings. The zero-order valence-corrected chi connectivity index (χ0v) is 19.0. The molecule has 0 aromatic heterocycles. The highest BCUT2D eigenvalue weighted by molar-refractivity contribution is 6.30. The number of carbonyl (C=O) groups is 2. The monoisotopic (exact) mass is 475 g/mol. The molecule has 1 N–H and O–H groups in total. The van der Waals surface area contributed by atoms with Crippen LogP contribution < -0.4 is 19.6 Å². The first-order chi connectivity index (χ1) is 16.0. The first kappa shape index (κ1) is 24.3. The molecule has 2 amide bonds. The molecule has 0 unspecified atom stereocenters. The lowest BCUT2D eigenvalue weighted by molar-refractivity contribution is -0.137. The third-order valence-electron chi connectivity index (χ3n) is 4.55. The van der Waals surface area contributed by atoms with Crippen molar-refractivity contribution in [3.63, 3.8) is 0 Å². The number of benzene rings is 2. The van der Waals surface area contributed by atoms with E-state index in [1.165, 1.54) is 6.21 Å². The van der Waals surface area contributed by atoms with Crippen LogP contribution >= 0.6 is 11.6 Å². The van der Waals surface area contributed by atoms with Gasteiger partial charge in [-0.25, -0.2) is 5.43 Å². The van der Waals surface area contributed by atoms with Gasteiger partial charge in [-0.05, 0) is 48.9 Å². The number of hydrogen-bond donors (Lipinski definition) is 1. The number of rotatable bonds is 10. The van der Waals surface area contributed by atoms with E-state index in [9.17, 15) is 9.59 Å². The summed E-state index contributed by atoms with van der Waals surface area (Å²) in [5.74, 6) is 0.902. The Kier molecular flexibility index (Phi) is 9.34. The van der Waals surface area contributed by atoms with E-state index in [4.69, 9.17) is 30.5 Å². The summed E-state index contributed by atoms with van der Waals surface area (Å²) in [4.78, 5) is 25.9. The molecule has 176 valence electrons. The van der Waals surface area contributed by atoms with Gasteiger partial charge in [0.05, 0.1) is 26.0 Å². The van der Waals surface area contributed by atoms with E-state index in [0.29, 0.717) is 60.7 Å². The van der Waals surface area contributed by atoms with Crippen LogP contribution in [0.15, 0.2) is 47.6 Å². The highest BCUT2D eigenvalue weighted by atomic mass is 35.5. The minimum Gasteiger partial charge on any atom is -0.490 e. The van der Waals surface area contributed by atoms with Gasteiger partial charge in [0.25, 0.3) is 11.8 Å². The number of ether oxygens (including phenoxy) is 4. The van der Waals surface area contributed by atoms with Gasteiger partial charge in [0.1, 0.15) is 5.75 Å². The molecule has 9 nitrogen and oxygen atoms in total. The first-order valence-corrected chi connectivity index (χ1v) is 10.9. The molecule has 1 aliphatic heterocycles. The van der Waals surface area contributed by atoms with Crippen molar-refractivity contribution in [2.45, 2.75) is 6.92 Å². The van der Waals surface area contributed by atoms with Gasteiger partial charge in [0, 0.05) is 18.1 Å². The van der Waals surface area contributed by atoms with E-state index in [2.05, 4.69) is 10.5 Å². The van der Waals surface area contributed by atoms with Crippen molar-refractivity contribution in [3.8, 4) is 17.2 Å². The van der Waals surface area contributed by atoms with Crippen molar-refractivity contribution >= 4 is 29.6 Å². The van der Waals surface area contributed by atoms with E-state index in [1.807, 2.05) is 6.92 Å². The summed E-state index contributed by atoms with van der Waals surface area (Å²) >= 11 is 5.88. The second kappa shape index (κ2) is 12.7. The Balaban J connectivity index is 1.51. The lowest BCUT2D eigenvalue weighted by Gasteiger charge is -2.26. The number of hydrogen-bond acceptors (Lipinski definition) is 7. The summed E-state index contributed by atoms with van der Waals surface area (Å²) in [7, 11) is 0. The minimum atomic E-state index is -0.419. The topological polar surface area (TPSA) is 98.7 Å². The van der Waals surface area contributed by atoms with Crippen molar-refractivity contribution in [1.82, 2.24) is 10.3 Å². The van der Waals surface area contributed by atoms with Crippen molar-refractivity contribution in [2.75, 3.05) is 46.1 Å². The molecule has 0 radical (unpaired) electrons. The summed E-state index contributed by atoms with van der Waals surface area (Å²) in [6, 6.07) is 11.9. The number of nitrogens with zero attached hydrogens (tertiary/aromatic N) is 2. The van der Waals surface area contributed by atoms with Crippen molar-refractivity contribution in [1.29, 1.82) is 0 Å². The van der Waals surface area contributed by atoms with Crippen LogP contribution in [0.3, 0.4) is 0 Å². The minimum absolute atomic E-state index is 0.0871. The maximum absolute atomic E-state index is 12.3. The molecule has 1 heterocycles. The summed E-state index contributed by atoms with van der Waals surface area (Å²) in [6.45, 7) is 4.18. The summed E-state index contributed by atoms with van der Waals surface area (Å²) < 4.78 is 21.9. The molecule has 33 heavy (non-hydrogen) atoms. The highest BCUT2D eigenvalue weighted by Crippen LogP contribution is 2.28. The number of amides is 2. The van der Waals surface area contributed by atoms with Crippen LogP contribution in [-0.2, 0) is 14.3 Å². The molecule has 0 atom stereocenters. The lowest BCUT2D eigenvalue weighted by Crippen LogP contribution is -2.43. The van der Waals surface area contributed by atoms with E-state index in [0.717, 1.165) is 0 Å². The zero-order valence-electron chi connectivity index (χ0n) is 18.3. The lowest BCUT2D eigenvalue weighted by atomic mass is 10.2. The van der Waals surface area contributed by atoms with Gasteiger partial charge in [-0.3, -0.25) is 9.59 Å². The number of hydrazone groups is 1. The molecule has 1 fully saturated rings. The predicted octanol–water partition coefficient (Wildman–Crippen LogP) is 2.51. The Bertz CT molecular complexity index is 978. The smallest absolute Gasteiger partial charge is 0.277 e. The fourth-order valence-corrected chi connectivity index (χ4v) is 3.13. The molecule has 1 saturated heterocycles. The van der Waals surface area contributed by atoms with Gasteiger partial charge in [0.2, 0.25) is 0 Å². The van der Waals surface area contributed by atoms with Gasteiger partial charge < -0.3 is 23.8 Å². The second-order valence-electron chi connectivity index (χ2n) is 6.96. The first-order valence-electron chi connectivity index (χ1n) is 10.5. The summed E-state index contributed by atoms with van der Waals surface area (Å²) in [6.07, 6.45) is 1.47. The molecule has 10 heteroatoms. The van der Waals surface area contributed by atoms with Gasteiger partial charge in [-0.15, -0.1) is 0 Å². The molecule has 0 aliphatic carbocycles. The maximum atomic E-state index is 12.3. The standard InChI is InChI=1S/C23H26ClN3O6/c1-2-31-21-12-17(6-7-20(21)33-16-23(29)27-8-10-30-11-9-27)14-25-26-22(28)15-32-19-5-3-4-18(24)13-19/h3-7,12-14H,2,8-11,15-16H2,1H3,(H,26,28)/b25-14+. The Hall–Kier alpha value is -3.30.